The number of rotatable bonds is 8. The zero-order valence-corrected chi connectivity index (χ0v) is 18.0. The van der Waals surface area contributed by atoms with Crippen molar-refractivity contribution in [2.75, 3.05) is 7.11 Å². The Morgan fingerprint density at radius 3 is 2.55 bits per heavy atom. The normalized spacial score (nSPS) is 15.4. The van der Waals surface area contributed by atoms with E-state index in [2.05, 4.69) is 11.4 Å². The summed E-state index contributed by atoms with van der Waals surface area (Å²) in [6.45, 7) is 2.46. The molecule has 0 saturated heterocycles. The van der Waals surface area contributed by atoms with Crippen molar-refractivity contribution in [1.82, 2.24) is 5.32 Å². The molecule has 2 aromatic rings. The fourth-order valence-corrected chi connectivity index (χ4v) is 3.87. The van der Waals surface area contributed by atoms with Crippen LogP contribution >= 0.6 is 0 Å². The number of carbonyl (C=O) groups excluding carboxylic acids is 1. The van der Waals surface area contributed by atoms with E-state index in [0.29, 0.717) is 30.9 Å². The van der Waals surface area contributed by atoms with Gasteiger partial charge in [-0.2, -0.15) is 0 Å². The molecule has 6 nitrogen and oxygen atoms in total. The molecule has 164 valence electrons. The van der Waals surface area contributed by atoms with E-state index in [1.54, 1.807) is 25.3 Å². The van der Waals surface area contributed by atoms with E-state index in [9.17, 15) is 14.7 Å². The van der Waals surface area contributed by atoms with Gasteiger partial charge in [0.2, 0.25) is 5.91 Å². The Hall–Kier alpha value is -3.28. The lowest BCUT2D eigenvalue weighted by Crippen LogP contribution is -2.55. The summed E-state index contributed by atoms with van der Waals surface area (Å²) in [5.74, 6) is -0.212. The summed E-state index contributed by atoms with van der Waals surface area (Å²) >= 11 is 0. The van der Waals surface area contributed by atoms with Gasteiger partial charge in [-0.15, -0.1) is 0 Å². The minimum atomic E-state index is -1.16. The van der Waals surface area contributed by atoms with Gasteiger partial charge in [-0.25, -0.2) is 4.79 Å². The van der Waals surface area contributed by atoms with Crippen molar-refractivity contribution < 1.29 is 24.2 Å². The van der Waals surface area contributed by atoms with Crippen LogP contribution in [-0.2, 0) is 16.2 Å². The third kappa shape index (κ3) is 5.87. The topological polar surface area (TPSA) is 84.9 Å². The molecule has 0 unspecified atom stereocenters. The number of ether oxygens (including phenoxy) is 2. The first-order valence-corrected chi connectivity index (χ1v) is 10.5. The van der Waals surface area contributed by atoms with Crippen LogP contribution < -0.4 is 14.8 Å². The van der Waals surface area contributed by atoms with E-state index in [1.165, 1.54) is 11.6 Å². The van der Waals surface area contributed by atoms with Gasteiger partial charge in [0.05, 0.1) is 7.11 Å². The molecule has 1 saturated carbocycles. The molecular formula is C25H29NO5. The molecule has 2 aromatic carbocycles. The minimum absolute atomic E-state index is 0.414. The Kier molecular flexibility index (Phi) is 7.34. The highest BCUT2D eigenvalue weighted by atomic mass is 16.5. The Labute approximate surface area is 182 Å². The summed E-state index contributed by atoms with van der Waals surface area (Å²) in [6.07, 6.45) is 6.53. The molecule has 1 aliphatic rings. The van der Waals surface area contributed by atoms with E-state index in [0.717, 1.165) is 30.4 Å². The van der Waals surface area contributed by atoms with Gasteiger partial charge in [-0.3, -0.25) is 4.79 Å². The van der Waals surface area contributed by atoms with Crippen LogP contribution in [0.15, 0.2) is 48.5 Å². The van der Waals surface area contributed by atoms with E-state index in [1.807, 2.05) is 31.2 Å². The maximum atomic E-state index is 12.4. The van der Waals surface area contributed by atoms with E-state index >= 15 is 0 Å². The highest BCUT2D eigenvalue weighted by Gasteiger charge is 2.40. The van der Waals surface area contributed by atoms with Gasteiger partial charge in [-0.05, 0) is 49.1 Å². The molecule has 0 aromatic heterocycles. The number of carbonyl (C=O) groups is 2. The number of carboxylic acids is 1. The van der Waals surface area contributed by atoms with Crippen LogP contribution in [0.1, 0.15) is 48.8 Å². The zero-order chi connectivity index (χ0) is 22.3. The van der Waals surface area contributed by atoms with Gasteiger partial charge < -0.3 is 19.9 Å². The first-order valence-electron chi connectivity index (χ1n) is 10.5. The van der Waals surface area contributed by atoms with Crippen molar-refractivity contribution in [2.45, 2.75) is 51.2 Å². The predicted octanol–water partition coefficient (Wildman–Crippen LogP) is 4.50. The molecular weight excluding hydrogens is 394 g/mol. The Morgan fingerprint density at radius 2 is 1.87 bits per heavy atom. The third-order valence-electron chi connectivity index (χ3n) is 5.57. The second kappa shape index (κ2) is 10.2. The third-order valence-corrected chi connectivity index (χ3v) is 5.57. The van der Waals surface area contributed by atoms with E-state index in [-0.39, 0.29) is 0 Å². The number of aliphatic carboxylic acids is 1. The quantitative estimate of drug-likeness (QED) is 0.611. The van der Waals surface area contributed by atoms with Gasteiger partial charge in [-0.1, -0.05) is 55.2 Å². The summed E-state index contributed by atoms with van der Waals surface area (Å²) in [6, 6.07) is 13.5. The molecule has 2 N–H and O–H groups in total. The lowest BCUT2D eigenvalue weighted by molar-refractivity contribution is -0.148. The Balaban J connectivity index is 1.65. The SMILES string of the molecule is COc1cc(/C=C/C(=O)NC2(C(=O)O)CCCCC2)ccc1OCc1cccc(C)c1. The van der Waals surface area contributed by atoms with Crippen LogP contribution in [0.25, 0.3) is 6.08 Å². The Bertz CT molecular complexity index is 960. The van der Waals surface area contributed by atoms with Crippen molar-refractivity contribution in [3.63, 3.8) is 0 Å². The largest absolute Gasteiger partial charge is 0.493 e. The second-order valence-corrected chi connectivity index (χ2v) is 7.96. The molecule has 0 atom stereocenters. The zero-order valence-electron chi connectivity index (χ0n) is 18.0. The number of methoxy groups -OCH3 is 1. The first-order chi connectivity index (χ1) is 14.9. The van der Waals surface area contributed by atoms with E-state index < -0.39 is 17.4 Å². The molecule has 0 aliphatic heterocycles. The van der Waals surface area contributed by atoms with Crippen LogP contribution in [0.2, 0.25) is 0 Å². The number of benzene rings is 2. The highest BCUT2D eigenvalue weighted by Crippen LogP contribution is 2.30. The standard InChI is InChI=1S/C25H29NO5/c1-18-7-6-8-20(15-18)17-31-21-11-9-19(16-22(21)30-2)10-12-23(27)26-25(24(28)29)13-4-3-5-14-25/h6-12,15-16H,3-5,13-14,17H2,1-2H3,(H,26,27)(H,28,29)/b12-10+. The molecule has 6 heteroatoms. The lowest BCUT2D eigenvalue weighted by atomic mass is 9.81. The van der Waals surface area contributed by atoms with Gasteiger partial charge in [0.25, 0.3) is 0 Å². The molecule has 0 heterocycles. The molecule has 0 radical (unpaired) electrons. The van der Waals surface area contributed by atoms with Crippen molar-refractivity contribution in [3.8, 4) is 11.5 Å². The highest BCUT2D eigenvalue weighted by molar-refractivity contribution is 5.95. The number of aryl methyl sites for hydroxylation is 1. The Morgan fingerprint density at radius 1 is 1.10 bits per heavy atom. The van der Waals surface area contributed by atoms with Crippen molar-refractivity contribution >= 4 is 18.0 Å². The number of hydrogen-bond acceptors (Lipinski definition) is 4. The van der Waals surface area contributed by atoms with E-state index in [4.69, 9.17) is 9.47 Å². The summed E-state index contributed by atoms with van der Waals surface area (Å²) in [4.78, 5) is 24.1. The number of nitrogens with one attached hydrogen (secondary N) is 1. The average molecular weight is 424 g/mol. The molecule has 1 aliphatic carbocycles. The summed E-state index contributed by atoms with van der Waals surface area (Å²) in [5, 5.41) is 12.3. The van der Waals surface area contributed by atoms with Crippen molar-refractivity contribution in [1.29, 1.82) is 0 Å². The van der Waals surface area contributed by atoms with Crippen LogP contribution in [0.5, 0.6) is 11.5 Å². The number of carboxylic acid groups (broad SMARTS) is 1. The van der Waals surface area contributed by atoms with Crippen LogP contribution in [0, 0.1) is 6.92 Å². The monoisotopic (exact) mass is 423 g/mol. The lowest BCUT2D eigenvalue weighted by Gasteiger charge is -2.33. The molecule has 3 rings (SSSR count). The number of hydrogen-bond donors (Lipinski definition) is 2. The minimum Gasteiger partial charge on any atom is -0.493 e. The summed E-state index contributed by atoms with van der Waals surface area (Å²) < 4.78 is 11.3. The van der Waals surface area contributed by atoms with Crippen LogP contribution in [0.4, 0.5) is 0 Å². The molecule has 31 heavy (non-hydrogen) atoms. The molecule has 1 amide bonds. The predicted molar refractivity (Wildman–Crippen MR) is 119 cm³/mol. The van der Waals surface area contributed by atoms with Gasteiger partial charge >= 0.3 is 5.97 Å². The molecule has 0 bridgehead atoms. The fraction of sp³-hybridized carbons (Fsp3) is 0.360. The molecule has 0 spiro atoms. The van der Waals surface area contributed by atoms with Crippen LogP contribution in [0.3, 0.4) is 0 Å². The molecule has 1 fully saturated rings. The number of amides is 1. The summed E-state index contributed by atoms with van der Waals surface area (Å²) in [7, 11) is 1.56. The maximum absolute atomic E-state index is 12.4. The van der Waals surface area contributed by atoms with Crippen molar-refractivity contribution in [2.24, 2.45) is 0 Å². The average Bonchev–Trinajstić information content (AvgIpc) is 2.77. The fourth-order valence-electron chi connectivity index (χ4n) is 3.87. The van der Waals surface area contributed by atoms with Gasteiger partial charge in [0.1, 0.15) is 12.1 Å². The van der Waals surface area contributed by atoms with Gasteiger partial charge in [0.15, 0.2) is 11.5 Å². The smallest absolute Gasteiger partial charge is 0.329 e. The maximum Gasteiger partial charge on any atom is 0.329 e. The van der Waals surface area contributed by atoms with Gasteiger partial charge in [0, 0.05) is 6.08 Å². The summed E-state index contributed by atoms with van der Waals surface area (Å²) in [5.41, 5.74) is 1.83. The van der Waals surface area contributed by atoms with Crippen molar-refractivity contribution in [3.05, 3.63) is 65.2 Å². The first kappa shape index (κ1) is 22.4. The van der Waals surface area contributed by atoms with Crippen LogP contribution in [-0.4, -0.2) is 29.6 Å². The second-order valence-electron chi connectivity index (χ2n) is 7.96.